The number of nitrogens with two attached hydrogens (primary N) is 1. The number of aliphatic hydroxyl groups is 4. The van der Waals surface area contributed by atoms with Gasteiger partial charge in [0.1, 0.15) is 12.2 Å². The SMILES string of the molecule is CCCCCCN(CCNC(=O)c1ccc(CCOC(N)=O)cc1)CC(O)C(O)C(O)CO. The first-order valence-electron chi connectivity index (χ1n) is 11.4. The van der Waals surface area contributed by atoms with Crippen LogP contribution in [-0.2, 0) is 11.2 Å². The van der Waals surface area contributed by atoms with Crippen molar-refractivity contribution in [1.29, 1.82) is 0 Å². The van der Waals surface area contributed by atoms with Gasteiger partial charge in [0.15, 0.2) is 0 Å². The van der Waals surface area contributed by atoms with E-state index in [2.05, 4.69) is 12.2 Å². The fraction of sp³-hybridized carbons (Fsp3) is 0.652. The van der Waals surface area contributed by atoms with E-state index < -0.39 is 31.0 Å². The molecule has 0 fully saturated rings. The Morgan fingerprint density at radius 1 is 1.06 bits per heavy atom. The van der Waals surface area contributed by atoms with Gasteiger partial charge in [0.05, 0.1) is 19.3 Å². The number of hydrogen-bond donors (Lipinski definition) is 6. The number of ether oxygens (including phenoxy) is 1. The first-order chi connectivity index (χ1) is 15.8. The maximum atomic E-state index is 12.4. The lowest BCUT2D eigenvalue weighted by molar-refractivity contribution is -0.0840. The highest BCUT2D eigenvalue weighted by Gasteiger charge is 2.25. The molecular formula is C23H39N3O7. The van der Waals surface area contributed by atoms with Crippen LogP contribution in [0.25, 0.3) is 0 Å². The van der Waals surface area contributed by atoms with Gasteiger partial charge in [0.25, 0.3) is 5.91 Å². The Kier molecular flexibility index (Phi) is 14.3. The number of primary amides is 1. The molecule has 0 aromatic heterocycles. The molecular weight excluding hydrogens is 430 g/mol. The number of nitrogens with one attached hydrogen (secondary N) is 1. The Labute approximate surface area is 195 Å². The van der Waals surface area contributed by atoms with Gasteiger partial charge in [-0.1, -0.05) is 38.3 Å². The van der Waals surface area contributed by atoms with Gasteiger partial charge in [-0.3, -0.25) is 9.69 Å². The Bertz CT molecular complexity index is 687. The predicted molar refractivity (Wildman–Crippen MR) is 124 cm³/mol. The average Bonchev–Trinajstić information content (AvgIpc) is 2.80. The monoisotopic (exact) mass is 469 g/mol. The van der Waals surface area contributed by atoms with Crippen molar-refractivity contribution >= 4 is 12.0 Å². The summed E-state index contributed by atoms with van der Waals surface area (Å²) in [5.74, 6) is -0.239. The number of amides is 2. The minimum atomic E-state index is -1.45. The van der Waals surface area contributed by atoms with Crippen LogP contribution in [0.1, 0.15) is 48.5 Å². The van der Waals surface area contributed by atoms with Gasteiger partial charge >= 0.3 is 6.09 Å². The molecule has 0 saturated heterocycles. The topological polar surface area (TPSA) is 166 Å². The summed E-state index contributed by atoms with van der Waals surface area (Å²) in [5, 5.41) is 41.5. The molecule has 0 aliphatic heterocycles. The predicted octanol–water partition coefficient (Wildman–Crippen LogP) is 0.0115. The number of rotatable bonds is 17. The van der Waals surface area contributed by atoms with Crippen LogP contribution in [0.5, 0.6) is 0 Å². The van der Waals surface area contributed by atoms with Crippen molar-refractivity contribution in [3.8, 4) is 0 Å². The van der Waals surface area contributed by atoms with Crippen LogP contribution in [-0.4, -0.2) is 95.0 Å². The lowest BCUT2D eigenvalue weighted by Crippen LogP contribution is -2.47. The number of unbranched alkanes of at least 4 members (excludes halogenated alkanes) is 3. The lowest BCUT2D eigenvalue weighted by Gasteiger charge is -2.29. The molecule has 10 heteroatoms. The van der Waals surface area contributed by atoms with Crippen LogP contribution < -0.4 is 11.1 Å². The van der Waals surface area contributed by atoms with E-state index in [-0.39, 0.29) is 19.1 Å². The molecule has 0 aliphatic rings. The molecule has 0 spiro atoms. The molecule has 0 aliphatic carbocycles. The normalized spacial score (nSPS) is 14.0. The Balaban J connectivity index is 2.54. The van der Waals surface area contributed by atoms with Crippen molar-refractivity contribution in [1.82, 2.24) is 10.2 Å². The minimum absolute atomic E-state index is 0.113. The summed E-state index contributed by atoms with van der Waals surface area (Å²) in [6, 6.07) is 6.94. The van der Waals surface area contributed by atoms with Crippen LogP contribution in [0, 0.1) is 0 Å². The molecule has 7 N–H and O–H groups in total. The summed E-state index contributed by atoms with van der Waals surface area (Å²) in [5.41, 5.74) is 6.32. The van der Waals surface area contributed by atoms with E-state index in [0.29, 0.717) is 31.6 Å². The van der Waals surface area contributed by atoms with Crippen LogP contribution in [0.2, 0.25) is 0 Å². The molecule has 1 aromatic rings. The second-order valence-corrected chi connectivity index (χ2v) is 8.04. The highest BCUT2D eigenvalue weighted by Crippen LogP contribution is 2.08. The zero-order chi connectivity index (χ0) is 24.6. The molecule has 0 heterocycles. The molecule has 3 unspecified atom stereocenters. The number of hydrogen-bond acceptors (Lipinski definition) is 8. The fourth-order valence-corrected chi connectivity index (χ4v) is 3.32. The summed E-state index contributed by atoms with van der Waals surface area (Å²) in [6.45, 7) is 3.24. The number of carbonyl (C=O) groups is 2. The summed E-state index contributed by atoms with van der Waals surface area (Å²) < 4.78 is 4.70. The lowest BCUT2D eigenvalue weighted by atomic mass is 10.1. The molecule has 1 rings (SSSR count). The third-order valence-electron chi connectivity index (χ3n) is 5.31. The summed E-state index contributed by atoms with van der Waals surface area (Å²) in [4.78, 5) is 25.0. The van der Waals surface area contributed by atoms with Crippen molar-refractivity contribution in [2.24, 2.45) is 5.73 Å². The zero-order valence-electron chi connectivity index (χ0n) is 19.4. The van der Waals surface area contributed by atoms with E-state index in [1.165, 1.54) is 0 Å². The van der Waals surface area contributed by atoms with Crippen LogP contribution in [0.3, 0.4) is 0 Å². The maximum absolute atomic E-state index is 12.4. The fourth-order valence-electron chi connectivity index (χ4n) is 3.32. The molecule has 10 nitrogen and oxygen atoms in total. The molecule has 0 bridgehead atoms. The molecule has 0 saturated carbocycles. The summed E-state index contributed by atoms with van der Waals surface area (Å²) in [6.07, 6.45) is -0.265. The van der Waals surface area contributed by atoms with Crippen LogP contribution >= 0.6 is 0 Å². The van der Waals surface area contributed by atoms with Gasteiger partial charge in [-0.25, -0.2) is 4.79 Å². The second-order valence-electron chi connectivity index (χ2n) is 8.04. The van der Waals surface area contributed by atoms with Gasteiger partial charge < -0.3 is 36.2 Å². The molecule has 0 radical (unpaired) electrons. The first kappa shape index (κ1) is 28.8. The van der Waals surface area contributed by atoms with Gasteiger partial charge in [0.2, 0.25) is 0 Å². The third-order valence-corrected chi connectivity index (χ3v) is 5.31. The quantitative estimate of drug-likeness (QED) is 0.174. The van der Waals surface area contributed by atoms with Crippen LogP contribution in [0.15, 0.2) is 24.3 Å². The van der Waals surface area contributed by atoms with E-state index in [0.717, 1.165) is 31.2 Å². The molecule has 33 heavy (non-hydrogen) atoms. The van der Waals surface area contributed by atoms with Crippen molar-refractivity contribution in [3.63, 3.8) is 0 Å². The van der Waals surface area contributed by atoms with Crippen molar-refractivity contribution in [3.05, 3.63) is 35.4 Å². The van der Waals surface area contributed by atoms with Crippen molar-refractivity contribution in [2.75, 3.05) is 39.4 Å². The van der Waals surface area contributed by atoms with E-state index in [1.807, 2.05) is 4.90 Å². The van der Waals surface area contributed by atoms with Crippen molar-refractivity contribution in [2.45, 2.75) is 57.3 Å². The average molecular weight is 470 g/mol. The number of benzene rings is 1. The molecule has 188 valence electrons. The van der Waals surface area contributed by atoms with E-state index in [4.69, 9.17) is 15.6 Å². The highest BCUT2D eigenvalue weighted by molar-refractivity contribution is 5.94. The van der Waals surface area contributed by atoms with E-state index in [9.17, 15) is 24.9 Å². The Morgan fingerprint density at radius 3 is 2.36 bits per heavy atom. The first-order valence-corrected chi connectivity index (χ1v) is 11.4. The molecule has 2 amide bonds. The number of aliphatic hydroxyl groups excluding tert-OH is 4. The second kappa shape index (κ2) is 16.4. The van der Waals surface area contributed by atoms with E-state index >= 15 is 0 Å². The Morgan fingerprint density at radius 2 is 1.76 bits per heavy atom. The van der Waals surface area contributed by atoms with Crippen LogP contribution in [0.4, 0.5) is 4.79 Å². The minimum Gasteiger partial charge on any atom is -0.449 e. The highest BCUT2D eigenvalue weighted by atomic mass is 16.5. The maximum Gasteiger partial charge on any atom is 0.404 e. The summed E-state index contributed by atoms with van der Waals surface area (Å²) >= 11 is 0. The number of carbonyl (C=O) groups excluding carboxylic acids is 2. The van der Waals surface area contributed by atoms with E-state index in [1.54, 1.807) is 24.3 Å². The number of nitrogens with zero attached hydrogens (tertiary/aromatic N) is 1. The van der Waals surface area contributed by atoms with Gasteiger partial charge in [-0.15, -0.1) is 0 Å². The molecule has 1 aromatic carbocycles. The van der Waals surface area contributed by atoms with Gasteiger partial charge in [-0.2, -0.15) is 0 Å². The largest absolute Gasteiger partial charge is 0.449 e. The zero-order valence-corrected chi connectivity index (χ0v) is 19.4. The van der Waals surface area contributed by atoms with Gasteiger partial charge in [-0.05, 0) is 30.7 Å². The van der Waals surface area contributed by atoms with Crippen molar-refractivity contribution < 1.29 is 34.8 Å². The molecule has 3 atom stereocenters. The summed E-state index contributed by atoms with van der Waals surface area (Å²) in [7, 11) is 0. The third kappa shape index (κ3) is 12.0. The smallest absolute Gasteiger partial charge is 0.404 e. The Hall–Kier alpha value is -2.24. The standard InChI is InChI=1S/C23H39N3O7/c1-2-3-4-5-12-26(15-19(28)21(30)20(29)16-27)13-11-25-22(31)18-8-6-17(7-9-18)10-14-33-23(24)32/h6-9,19-21,27-30H,2-5,10-16H2,1H3,(H2,24,32)(H,25,31). The van der Waals surface area contributed by atoms with Gasteiger partial charge in [0, 0.05) is 31.6 Å².